The van der Waals surface area contributed by atoms with E-state index in [0.717, 1.165) is 0 Å². The molecule has 20 heavy (non-hydrogen) atoms. The predicted octanol–water partition coefficient (Wildman–Crippen LogP) is 3.93. The van der Waals surface area contributed by atoms with Gasteiger partial charge < -0.3 is 10.5 Å². The van der Waals surface area contributed by atoms with E-state index in [-0.39, 0.29) is 25.4 Å². The first-order chi connectivity index (χ1) is 8.62. The Morgan fingerprint density at radius 3 is 2.00 bits per heavy atom. The van der Waals surface area contributed by atoms with Crippen LogP contribution < -0.4 is 10.5 Å². The molecule has 0 aliphatic carbocycles. The number of alkyl halides is 6. The molecule has 0 amide bonds. The Kier molecular flexibility index (Phi) is 4.50. The van der Waals surface area contributed by atoms with Gasteiger partial charge in [0.15, 0.2) is 0 Å². The molecule has 0 bridgehead atoms. The highest BCUT2D eigenvalue weighted by Gasteiger charge is 2.43. The van der Waals surface area contributed by atoms with Gasteiger partial charge in [0.25, 0.3) is 0 Å². The maximum Gasteiger partial charge on any atom is 0.419 e. The Labute approximate surface area is 116 Å². The van der Waals surface area contributed by atoms with Gasteiger partial charge in [0.2, 0.25) is 0 Å². The van der Waals surface area contributed by atoms with Crippen LogP contribution >= 0.6 is 12.4 Å². The molecule has 0 saturated carbocycles. The number of rotatable bonds is 0. The molecule has 114 valence electrons. The first-order valence-corrected chi connectivity index (χ1v) is 5.32. The largest absolute Gasteiger partial charge is 0.493 e. The Hall–Kier alpha value is -1.15. The van der Waals surface area contributed by atoms with E-state index in [1.165, 1.54) is 0 Å². The lowest BCUT2D eigenvalue weighted by atomic mass is 9.92. The Balaban J connectivity index is 0.00000200. The number of benzene rings is 1. The van der Waals surface area contributed by atoms with Crippen LogP contribution in [0.4, 0.5) is 26.3 Å². The highest BCUT2D eigenvalue weighted by Crippen LogP contribution is 2.47. The molecule has 0 radical (unpaired) electrons. The van der Waals surface area contributed by atoms with Crippen molar-refractivity contribution in [3.63, 3.8) is 0 Å². The van der Waals surface area contributed by atoms with Crippen molar-refractivity contribution < 1.29 is 31.1 Å². The fourth-order valence-corrected chi connectivity index (χ4v) is 2.03. The van der Waals surface area contributed by atoms with Crippen molar-refractivity contribution in [2.45, 2.75) is 24.8 Å². The summed E-state index contributed by atoms with van der Waals surface area (Å²) < 4.78 is 81.3. The third-order valence-corrected chi connectivity index (χ3v) is 2.85. The number of hydrogen-bond acceptors (Lipinski definition) is 2. The molecule has 1 aromatic rings. The Morgan fingerprint density at radius 1 is 1.00 bits per heavy atom. The standard InChI is InChI=1S/C11H9F6NO.ClH/c12-10(13,14)5-1-2-6(11(15,16)17)9-8(5)7(18)3-4-19-9;/h1-2,7H,3-4,18H2;1H/t7-;/m0./s1. The Bertz CT molecular complexity index is 499. The van der Waals surface area contributed by atoms with Crippen molar-refractivity contribution in [2.24, 2.45) is 5.73 Å². The lowest BCUT2D eigenvalue weighted by molar-refractivity contribution is -0.143. The summed E-state index contributed by atoms with van der Waals surface area (Å²) in [7, 11) is 0. The topological polar surface area (TPSA) is 35.2 Å². The number of hydrogen-bond donors (Lipinski definition) is 1. The SMILES string of the molecule is Cl.N[C@H]1CCOc2c(C(F)(F)F)ccc(C(F)(F)F)c21. The highest BCUT2D eigenvalue weighted by atomic mass is 35.5. The number of nitrogens with two attached hydrogens (primary N) is 1. The first kappa shape index (κ1) is 16.9. The fourth-order valence-electron chi connectivity index (χ4n) is 2.03. The van der Waals surface area contributed by atoms with Crippen LogP contribution in [0.3, 0.4) is 0 Å². The second-order valence-electron chi connectivity index (χ2n) is 4.14. The van der Waals surface area contributed by atoms with Crippen LogP contribution in [-0.2, 0) is 12.4 Å². The number of fused-ring (bicyclic) bond motifs is 1. The van der Waals surface area contributed by atoms with E-state index in [2.05, 4.69) is 0 Å². The molecule has 2 rings (SSSR count). The molecule has 0 saturated heterocycles. The minimum absolute atomic E-state index is 0. The van der Waals surface area contributed by atoms with Crippen molar-refractivity contribution in [3.05, 3.63) is 28.8 Å². The fraction of sp³-hybridized carbons (Fsp3) is 0.455. The molecule has 1 aromatic carbocycles. The quantitative estimate of drug-likeness (QED) is 0.735. The summed E-state index contributed by atoms with van der Waals surface area (Å²) >= 11 is 0. The van der Waals surface area contributed by atoms with Gasteiger partial charge in [-0.15, -0.1) is 12.4 Å². The minimum Gasteiger partial charge on any atom is -0.493 e. The van der Waals surface area contributed by atoms with Crippen LogP contribution in [0.2, 0.25) is 0 Å². The summed E-state index contributed by atoms with van der Waals surface area (Å²) in [5.74, 6) is -0.805. The molecule has 0 spiro atoms. The van der Waals surface area contributed by atoms with Crippen LogP contribution in [0.1, 0.15) is 29.2 Å². The van der Waals surface area contributed by atoms with Gasteiger partial charge in [0.1, 0.15) is 5.75 Å². The average molecular weight is 322 g/mol. The van der Waals surface area contributed by atoms with Crippen LogP contribution in [0.5, 0.6) is 5.75 Å². The van der Waals surface area contributed by atoms with Gasteiger partial charge in [-0.25, -0.2) is 0 Å². The van der Waals surface area contributed by atoms with Crippen LogP contribution in [0.25, 0.3) is 0 Å². The molecule has 2 nitrogen and oxygen atoms in total. The smallest absolute Gasteiger partial charge is 0.419 e. The molecule has 2 N–H and O–H groups in total. The van der Waals surface area contributed by atoms with E-state index in [4.69, 9.17) is 10.5 Å². The molecule has 9 heteroatoms. The second-order valence-corrected chi connectivity index (χ2v) is 4.14. The third-order valence-electron chi connectivity index (χ3n) is 2.85. The highest BCUT2D eigenvalue weighted by molar-refractivity contribution is 5.85. The van der Waals surface area contributed by atoms with Crippen molar-refractivity contribution >= 4 is 12.4 Å². The predicted molar refractivity (Wildman–Crippen MR) is 60.7 cm³/mol. The third kappa shape index (κ3) is 2.95. The summed E-state index contributed by atoms with van der Waals surface area (Å²) in [5.41, 5.74) is 2.48. The molecule has 0 aromatic heterocycles. The molecule has 1 aliphatic heterocycles. The van der Waals surface area contributed by atoms with Gasteiger partial charge in [0.05, 0.1) is 17.7 Å². The zero-order chi connectivity index (χ0) is 14.4. The normalized spacial score (nSPS) is 18.9. The van der Waals surface area contributed by atoms with Gasteiger partial charge in [-0.05, 0) is 12.1 Å². The van der Waals surface area contributed by atoms with Crippen molar-refractivity contribution in [2.75, 3.05) is 6.61 Å². The first-order valence-electron chi connectivity index (χ1n) is 5.32. The van der Waals surface area contributed by atoms with Crippen LogP contribution in [-0.4, -0.2) is 6.61 Å². The van der Waals surface area contributed by atoms with E-state index in [1.807, 2.05) is 0 Å². The lowest BCUT2D eigenvalue weighted by Gasteiger charge is -2.28. The monoisotopic (exact) mass is 321 g/mol. The van der Waals surface area contributed by atoms with Gasteiger partial charge >= 0.3 is 12.4 Å². The lowest BCUT2D eigenvalue weighted by Crippen LogP contribution is -2.27. The van der Waals surface area contributed by atoms with E-state index in [1.54, 1.807) is 0 Å². The summed E-state index contributed by atoms with van der Waals surface area (Å²) in [4.78, 5) is 0. The Morgan fingerprint density at radius 2 is 1.50 bits per heavy atom. The molecular weight excluding hydrogens is 312 g/mol. The zero-order valence-electron chi connectivity index (χ0n) is 9.81. The molecule has 1 aliphatic rings. The van der Waals surface area contributed by atoms with E-state index < -0.39 is 40.8 Å². The number of ether oxygens (including phenoxy) is 1. The van der Waals surface area contributed by atoms with Crippen LogP contribution in [0.15, 0.2) is 12.1 Å². The molecule has 0 fully saturated rings. The van der Waals surface area contributed by atoms with E-state index in [9.17, 15) is 26.3 Å². The van der Waals surface area contributed by atoms with Gasteiger partial charge in [0, 0.05) is 18.0 Å². The number of halogens is 7. The summed E-state index contributed by atoms with van der Waals surface area (Å²) in [5, 5.41) is 0. The van der Waals surface area contributed by atoms with Crippen molar-refractivity contribution in [1.29, 1.82) is 0 Å². The molecule has 1 heterocycles. The minimum atomic E-state index is -4.79. The zero-order valence-corrected chi connectivity index (χ0v) is 10.6. The second kappa shape index (κ2) is 5.33. The van der Waals surface area contributed by atoms with E-state index in [0.29, 0.717) is 12.1 Å². The van der Waals surface area contributed by atoms with Gasteiger partial charge in [-0.3, -0.25) is 0 Å². The molecular formula is C11H10ClF6NO. The van der Waals surface area contributed by atoms with E-state index >= 15 is 0 Å². The maximum absolute atomic E-state index is 12.8. The van der Waals surface area contributed by atoms with Crippen molar-refractivity contribution in [3.8, 4) is 5.75 Å². The van der Waals surface area contributed by atoms with Crippen LogP contribution in [0, 0.1) is 0 Å². The van der Waals surface area contributed by atoms with Gasteiger partial charge in [-0.1, -0.05) is 0 Å². The molecule has 1 atom stereocenters. The summed E-state index contributed by atoms with van der Waals surface area (Å²) in [6.07, 6.45) is -9.52. The summed E-state index contributed by atoms with van der Waals surface area (Å²) in [6, 6.07) is -0.349. The summed E-state index contributed by atoms with van der Waals surface area (Å²) in [6.45, 7) is -0.140. The van der Waals surface area contributed by atoms with Crippen molar-refractivity contribution in [1.82, 2.24) is 0 Å². The maximum atomic E-state index is 12.8. The average Bonchev–Trinajstić information content (AvgIpc) is 2.25. The molecule has 0 unspecified atom stereocenters. The van der Waals surface area contributed by atoms with Gasteiger partial charge in [-0.2, -0.15) is 26.3 Å².